The summed E-state index contributed by atoms with van der Waals surface area (Å²) in [5.74, 6) is 0.824. The average Bonchev–Trinajstić information content (AvgIpc) is 2.88. The number of nitrogens with one attached hydrogen (secondary N) is 1. The van der Waals surface area contributed by atoms with Gasteiger partial charge in [-0.25, -0.2) is 8.42 Å². The van der Waals surface area contributed by atoms with Crippen LogP contribution in [-0.4, -0.2) is 64.0 Å². The van der Waals surface area contributed by atoms with Crippen molar-refractivity contribution in [2.75, 3.05) is 44.6 Å². The van der Waals surface area contributed by atoms with Gasteiger partial charge in [-0.1, -0.05) is 30.3 Å². The molecule has 1 N–H and O–H groups in total. The number of nitrogens with zero attached hydrogens (tertiary/aromatic N) is 2. The van der Waals surface area contributed by atoms with Crippen LogP contribution in [0.15, 0.2) is 83.8 Å². The molecular formula is C26H29N3O4S. The Bertz CT molecular complexity index is 1190. The molecule has 0 radical (unpaired) electrons. The Morgan fingerprint density at radius 2 is 1.53 bits per heavy atom. The minimum absolute atomic E-state index is 0.0349. The van der Waals surface area contributed by atoms with E-state index in [1.807, 2.05) is 17.0 Å². The van der Waals surface area contributed by atoms with E-state index in [0.717, 1.165) is 31.8 Å². The van der Waals surface area contributed by atoms with E-state index in [2.05, 4.69) is 21.8 Å². The van der Waals surface area contributed by atoms with Gasteiger partial charge in [-0.3, -0.25) is 14.4 Å². The van der Waals surface area contributed by atoms with Crippen LogP contribution in [0.3, 0.4) is 0 Å². The van der Waals surface area contributed by atoms with Gasteiger partial charge in [0, 0.05) is 44.0 Å². The minimum Gasteiger partial charge on any atom is -0.497 e. The lowest BCUT2D eigenvalue weighted by atomic mass is 10.1. The van der Waals surface area contributed by atoms with Gasteiger partial charge >= 0.3 is 0 Å². The second-order valence-corrected chi connectivity index (χ2v) is 9.91. The van der Waals surface area contributed by atoms with Gasteiger partial charge in [0.05, 0.1) is 12.0 Å². The summed E-state index contributed by atoms with van der Waals surface area (Å²) >= 11 is 0. The highest BCUT2D eigenvalue weighted by Crippen LogP contribution is 2.18. The molecule has 3 aromatic rings. The number of hydrogen-bond donors (Lipinski definition) is 1. The lowest BCUT2D eigenvalue weighted by Crippen LogP contribution is -2.49. The van der Waals surface area contributed by atoms with E-state index in [1.165, 1.54) is 17.7 Å². The fourth-order valence-corrected chi connectivity index (χ4v) is 5.01. The highest BCUT2D eigenvalue weighted by atomic mass is 32.2. The molecule has 0 atom stereocenters. The van der Waals surface area contributed by atoms with E-state index < -0.39 is 10.0 Å². The number of anilines is 1. The summed E-state index contributed by atoms with van der Waals surface area (Å²) in [5, 5.41) is 0. The van der Waals surface area contributed by atoms with Crippen LogP contribution >= 0.6 is 0 Å². The molecule has 0 spiro atoms. The Balaban J connectivity index is 1.27. The van der Waals surface area contributed by atoms with E-state index in [-0.39, 0.29) is 10.8 Å². The fourth-order valence-electron chi connectivity index (χ4n) is 3.93. The lowest BCUT2D eigenvalue weighted by Gasteiger charge is -2.34. The Morgan fingerprint density at radius 1 is 0.882 bits per heavy atom. The second-order valence-electron chi connectivity index (χ2n) is 8.23. The first-order valence-electron chi connectivity index (χ1n) is 11.3. The van der Waals surface area contributed by atoms with Crippen LogP contribution in [0.2, 0.25) is 0 Å². The number of rotatable bonds is 8. The maximum atomic E-state index is 12.9. The minimum atomic E-state index is -3.66. The molecule has 0 saturated carbocycles. The molecule has 1 aliphatic rings. The number of carbonyl (C=O) groups is 1. The van der Waals surface area contributed by atoms with Crippen LogP contribution in [0, 0.1) is 0 Å². The predicted octanol–water partition coefficient (Wildman–Crippen LogP) is 3.50. The maximum Gasteiger partial charge on any atom is 0.261 e. The van der Waals surface area contributed by atoms with Crippen molar-refractivity contribution in [2.24, 2.45) is 0 Å². The first kappa shape index (κ1) is 23.8. The third-order valence-corrected chi connectivity index (χ3v) is 7.37. The smallest absolute Gasteiger partial charge is 0.261 e. The van der Waals surface area contributed by atoms with Gasteiger partial charge < -0.3 is 9.64 Å². The van der Waals surface area contributed by atoms with Gasteiger partial charge in [-0.2, -0.15) is 0 Å². The Labute approximate surface area is 201 Å². The van der Waals surface area contributed by atoms with Crippen LogP contribution in [0.4, 0.5) is 5.69 Å². The molecule has 1 fully saturated rings. The van der Waals surface area contributed by atoms with Gasteiger partial charge in [0.2, 0.25) is 0 Å². The number of piperazine rings is 1. The molecule has 1 heterocycles. The molecule has 1 amide bonds. The highest BCUT2D eigenvalue weighted by Gasteiger charge is 2.22. The van der Waals surface area contributed by atoms with Gasteiger partial charge in [0.15, 0.2) is 0 Å². The lowest BCUT2D eigenvalue weighted by molar-refractivity contribution is 0.0638. The molecule has 0 bridgehead atoms. The fraction of sp³-hybridized carbons (Fsp3) is 0.269. The predicted molar refractivity (Wildman–Crippen MR) is 133 cm³/mol. The van der Waals surface area contributed by atoms with Crippen molar-refractivity contribution in [1.29, 1.82) is 0 Å². The van der Waals surface area contributed by atoms with E-state index >= 15 is 0 Å². The molecule has 4 rings (SSSR count). The molecule has 1 saturated heterocycles. The molecule has 178 valence electrons. The Morgan fingerprint density at radius 3 is 2.15 bits per heavy atom. The zero-order chi connectivity index (χ0) is 24.0. The maximum absolute atomic E-state index is 12.9. The molecular weight excluding hydrogens is 450 g/mol. The van der Waals surface area contributed by atoms with Crippen LogP contribution in [0.5, 0.6) is 5.75 Å². The quantitative estimate of drug-likeness (QED) is 0.535. The number of hydrogen-bond acceptors (Lipinski definition) is 5. The number of ether oxygens (including phenoxy) is 1. The van der Waals surface area contributed by atoms with Crippen LogP contribution in [0.25, 0.3) is 0 Å². The summed E-state index contributed by atoms with van der Waals surface area (Å²) in [7, 11) is -2.00. The number of carbonyl (C=O) groups excluding carboxylic acids is 1. The largest absolute Gasteiger partial charge is 0.497 e. The summed E-state index contributed by atoms with van der Waals surface area (Å²) in [6.45, 7) is 3.95. The van der Waals surface area contributed by atoms with Crippen LogP contribution in [-0.2, 0) is 16.4 Å². The normalized spacial score (nSPS) is 14.6. The van der Waals surface area contributed by atoms with E-state index in [4.69, 9.17) is 4.74 Å². The van der Waals surface area contributed by atoms with Crippen molar-refractivity contribution in [3.8, 4) is 5.75 Å². The van der Waals surface area contributed by atoms with E-state index in [1.54, 1.807) is 49.6 Å². The van der Waals surface area contributed by atoms with Gasteiger partial charge in [-0.05, 0) is 60.5 Å². The molecule has 0 aliphatic carbocycles. The van der Waals surface area contributed by atoms with Crippen molar-refractivity contribution in [3.63, 3.8) is 0 Å². The topological polar surface area (TPSA) is 79.0 Å². The second kappa shape index (κ2) is 10.7. The molecule has 8 heteroatoms. The molecule has 34 heavy (non-hydrogen) atoms. The summed E-state index contributed by atoms with van der Waals surface area (Å²) in [6, 6.07) is 22.9. The van der Waals surface area contributed by atoms with Crippen molar-refractivity contribution in [1.82, 2.24) is 9.80 Å². The monoisotopic (exact) mass is 479 g/mol. The van der Waals surface area contributed by atoms with Gasteiger partial charge in [0.1, 0.15) is 5.75 Å². The molecule has 1 aliphatic heterocycles. The standard InChI is InChI=1S/C26H29N3O4S/c1-33-24-13-7-21(8-14-24)15-16-28-17-19-29(20-18-28)26(30)22-9-11-23(12-10-22)27-34(31,32)25-5-3-2-4-6-25/h2-14,27H,15-20H2,1H3. The Kier molecular flexibility index (Phi) is 7.49. The van der Waals surface area contributed by atoms with Crippen molar-refractivity contribution < 1.29 is 17.9 Å². The zero-order valence-corrected chi connectivity index (χ0v) is 20.0. The number of methoxy groups -OCH3 is 1. The van der Waals surface area contributed by atoms with Crippen molar-refractivity contribution >= 4 is 21.6 Å². The number of sulfonamides is 1. The Hall–Kier alpha value is -3.36. The first-order chi connectivity index (χ1) is 16.4. The van der Waals surface area contributed by atoms with Crippen LogP contribution < -0.4 is 9.46 Å². The van der Waals surface area contributed by atoms with E-state index in [0.29, 0.717) is 24.3 Å². The van der Waals surface area contributed by atoms with Crippen molar-refractivity contribution in [3.05, 3.63) is 90.0 Å². The zero-order valence-electron chi connectivity index (χ0n) is 19.2. The van der Waals surface area contributed by atoms with E-state index in [9.17, 15) is 13.2 Å². The van der Waals surface area contributed by atoms with Gasteiger partial charge in [-0.15, -0.1) is 0 Å². The summed E-state index contributed by atoms with van der Waals surface area (Å²) in [4.78, 5) is 17.3. The first-order valence-corrected chi connectivity index (χ1v) is 12.8. The number of benzene rings is 3. The summed E-state index contributed by atoms with van der Waals surface area (Å²) in [6.07, 6.45) is 0.957. The third kappa shape index (κ3) is 5.95. The summed E-state index contributed by atoms with van der Waals surface area (Å²) in [5.41, 5.74) is 2.24. The SMILES string of the molecule is COc1ccc(CCN2CCN(C(=O)c3ccc(NS(=O)(=O)c4ccccc4)cc3)CC2)cc1. The van der Waals surface area contributed by atoms with Crippen LogP contribution in [0.1, 0.15) is 15.9 Å². The molecule has 7 nitrogen and oxygen atoms in total. The highest BCUT2D eigenvalue weighted by molar-refractivity contribution is 7.92. The molecule has 0 unspecified atom stereocenters. The molecule has 3 aromatic carbocycles. The third-order valence-electron chi connectivity index (χ3n) is 5.97. The number of amides is 1. The molecule has 0 aromatic heterocycles. The average molecular weight is 480 g/mol. The van der Waals surface area contributed by atoms with Gasteiger partial charge in [0.25, 0.3) is 15.9 Å². The summed E-state index contributed by atoms with van der Waals surface area (Å²) < 4.78 is 32.7. The van der Waals surface area contributed by atoms with Crippen molar-refractivity contribution in [2.45, 2.75) is 11.3 Å².